The molecule has 0 radical (unpaired) electrons. The Labute approximate surface area is 159 Å². The van der Waals surface area contributed by atoms with Gasteiger partial charge in [0, 0.05) is 12.1 Å². The lowest BCUT2D eigenvalue weighted by Gasteiger charge is -2.28. The van der Waals surface area contributed by atoms with Crippen LogP contribution >= 0.6 is 0 Å². The van der Waals surface area contributed by atoms with Gasteiger partial charge in [0.2, 0.25) is 5.88 Å². The van der Waals surface area contributed by atoms with Crippen LogP contribution in [0.5, 0.6) is 5.88 Å². The number of nitrogens with zero attached hydrogens (tertiary/aromatic N) is 2. The van der Waals surface area contributed by atoms with E-state index in [0.717, 1.165) is 17.5 Å². The largest absolute Gasteiger partial charge is 0.477 e. The maximum absolute atomic E-state index is 14.3. The SMILES string of the molecule is CCc1ccc(Nc2ncnc(OCC3CC4CCC(C3)N4)c2C)c(F)c1. The van der Waals surface area contributed by atoms with Crippen molar-refractivity contribution in [2.75, 3.05) is 11.9 Å². The molecule has 2 N–H and O–H groups in total. The summed E-state index contributed by atoms with van der Waals surface area (Å²) in [6, 6.07) is 6.53. The molecule has 0 amide bonds. The average molecular weight is 370 g/mol. The molecule has 0 spiro atoms. The predicted octanol–water partition coefficient (Wildman–Crippen LogP) is 4.14. The highest BCUT2D eigenvalue weighted by molar-refractivity contribution is 5.61. The lowest BCUT2D eigenvalue weighted by molar-refractivity contribution is 0.184. The Morgan fingerprint density at radius 2 is 2.00 bits per heavy atom. The molecule has 2 atom stereocenters. The number of benzene rings is 1. The van der Waals surface area contributed by atoms with E-state index in [9.17, 15) is 4.39 Å². The van der Waals surface area contributed by atoms with Crippen molar-refractivity contribution < 1.29 is 9.13 Å². The molecule has 2 saturated heterocycles. The maximum Gasteiger partial charge on any atom is 0.221 e. The summed E-state index contributed by atoms with van der Waals surface area (Å²) >= 11 is 0. The topological polar surface area (TPSA) is 59.1 Å². The fourth-order valence-electron chi connectivity index (χ4n) is 4.22. The zero-order chi connectivity index (χ0) is 18.8. The lowest BCUT2D eigenvalue weighted by Crippen LogP contribution is -2.39. The van der Waals surface area contributed by atoms with Gasteiger partial charge in [-0.25, -0.2) is 14.4 Å². The van der Waals surface area contributed by atoms with Gasteiger partial charge in [-0.1, -0.05) is 13.0 Å². The molecule has 2 aromatic rings. The van der Waals surface area contributed by atoms with Gasteiger partial charge in [0.25, 0.3) is 0 Å². The van der Waals surface area contributed by atoms with Gasteiger partial charge in [-0.2, -0.15) is 0 Å². The Bertz CT molecular complexity index is 801. The van der Waals surface area contributed by atoms with Gasteiger partial charge in [0.05, 0.1) is 17.9 Å². The lowest BCUT2D eigenvalue weighted by atomic mass is 9.93. The summed E-state index contributed by atoms with van der Waals surface area (Å²) in [5, 5.41) is 6.73. The molecule has 5 nitrogen and oxygen atoms in total. The number of anilines is 2. The zero-order valence-electron chi connectivity index (χ0n) is 16.0. The second-order valence-corrected chi connectivity index (χ2v) is 7.73. The van der Waals surface area contributed by atoms with Gasteiger partial charge < -0.3 is 15.4 Å². The van der Waals surface area contributed by atoms with Crippen molar-refractivity contribution in [2.24, 2.45) is 5.92 Å². The van der Waals surface area contributed by atoms with E-state index in [1.54, 1.807) is 12.1 Å². The van der Waals surface area contributed by atoms with E-state index < -0.39 is 0 Å². The molecule has 4 rings (SSSR count). The third-order valence-electron chi connectivity index (χ3n) is 5.76. The van der Waals surface area contributed by atoms with Crippen molar-refractivity contribution in [1.82, 2.24) is 15.3 Å². The van der Waals surface area contributed by atoms with Gasteiger partial charge in [-0.3, -0.25) is 0 Å². The minimum atomic E-state index is -0.278. The Kier molecular flexibility index (Phi) is 5.25. The summed E-state index contributed by atoms with van der Waals surface area (Å²) in [6.07, 6.45) is 7.17. The molecular weight excluding hydrogens is 343 g/mol. The maximum atomic E-state index is 14.3. The van der Waals surface area contributed by atoms with E-state index in [0.29, 0.717) is 42.0 Å². The van der Waals surface area contributed by atoms with Crippen molar-refractivity contribution >= 4 is 11.5 Å². The van der Waals surface area contributed by atoms with E-state index in [1.165, 1.54) is 32.0 Å². The molecule has 144 valence electrons. The number of halogens is 1. The molecule has 2 unspecified atom stereocenters. The fourth-order valence-corrected chi connectivity index (χ4v) is 4.22. The first-order valence-corrected chi connectivity index (χ1v) is 9.88. The van der Waals surface area contributed by atoms with Gasteiger partial charge in [-0.05, 0) is 62.6 Å². The fraction of sp³-hybridized carbons (Fsp3) is 0.524. The summed E-state index contributed by atoms with van der Waals surface area (Å²) in [7, 11) is 0. The Hall–Kier alpha value is -2.21. The standard InChI is InChI=1S/C21H27FN4O/c1-3-14-4-7-19(18(22)10-14)26-20-13(2)21(24-12-23-20)27-11-15-8-16-5-6-17(9-15)25-16/h4,7,10,12,15-17,25H,3,5-6,8-9,11H2,1-2H3,(H,23,24,26). The predicted molar refractivity (Wildman–Crippen MR) is 104 cm³/mol. The number of hydrogen-bond donors (Lipinski definition) is 2. The van der Waals surface area contributed by atoms with Gasteiger partial charge in [-0.15, -0.1) is 0 Å². The molecule has 1 aromatic carbocycles. The van der Waals surface area contributed by atoms with Crippen LogP contribution in [0.3, 0.4) is 0 Å². The van der Waals surface area contributed by atoms with E-state index >= 15 is 0 Å². The number of ether oxygens (including phenoxy) is 1. The van der Waals surface area contributed by atoms with Crippen LogP contribution in [-0.2, 0) is 6.42 Å². The minimum absolute atomic E-state index is 0.278. The van der Waals surface area contributed by atoms with Crippen LogP contribution in [-0.4, -0.2) is 28.7 Å². The third kappa shape index (κ3) is 4.05. The number of aromatic nitrogens is 2. The van der Waals surface area contributed by atoms with E-state index in [2.05, 4.69) is 20.6 Å². The van der Waals surface area contributed by atoms with Crippen molar-refractivity contribution in [2.45, 2.75) is 58.0 Å². The van der Waals surface area contributed by atoms with Crippen LogP contribution in [0.25, 0.3) is 0 Å². The Balaban J connectivity index is 1.43. The Morgan fingerprint density at radius 3 is 2.70 bits per heavy atom. The molecule has 2 aliphatic heterocycles. The highest BCUT2D eigenvalue weighted by Crippen LogP contribution is 2.32. The van der Waals surface area contributed by atoms with Gasteiger partial charge in [0.1, 0.15) is 18.0 Å². The smallest absolute Gasteiger partial charge is 0.221 e. The molecule has 6 heteroatoms. The van der Waals surface area contributed by atoms with Crippen molar-refractivity contribution in [3.05, 3.63) is 41.5 Å². The van der Waals surface area contributed by atoms with Crippen LogP contribution in [0.4, 0.5) is 15.9 Å². The van der Waals surface area contributed by atoms with Crippen LogP contribution in [0, 0.1) is 18.7 Å². The molecule has 2 aliphatic rings. The number of nitrogens with one attached hydrogen (secondary N) is 2. The molecule has 0 aliphatic carbocycles. The second kappa shape index (κ2) is 7.80. The van der Waals surface area contributed by atoms with Crippen LogP contribution in [0.2, 0.25) is 0 Å². The molecule has 0 saturated carbocycles. The zero-order valence-corrected chi connectivity index (χ0v) is 16.0. The molecule has 2 fully saturated rings. The number of hydrogen-bond acceptors (Lipinski definition) is 5. The molecular formula is C21H27FN4O. The van der Waals surface area contributed by atoms with Crippen molar-refractivity contribution in [3.8, 4) is 5.88 Å². The van der Waals surface area contributed by atoms with Crippen molar-refractivity contribution in [3.63, 3.8) is 0 Å². The summed E-state index contributed by atoms with van der Waals surface area (Å²) in [6.45, 7) is 4.58. The highest BCUT2D eigenvalue weighted by atomic mass is 19.1. The molecule has 2 bridgehead atoms. The van der Waals surface area contributed by atoms with Crippen molar-refractivity contribution in [1.29, 1.82) is 0 Å². The first kappa shape index (κ1) is 18.2. The molecule has 1 aromatic heterocycles. The first-order valence-electron chi connectivity index (χ1n) is 9.88. The minimum Gasteiger partial charge on any atom is -0.477 e. The first-order chi connectivity index (χ1) is 13.1. The average Bonchev–Trinajstić information content (AvgIpc) is 3.02. The van der Waals surface area contributed by atoms with Crippen LogP contribution in [0.1, 0.15) is 43.7 Å². The summed E-state index contributed by atoms with van der Waals surface area (Å²) in [4.78, 5) is 8.55. The van der Waals surface area contributed by atoms with Crippen LogP contribution in [0.15, 0.2) is 24.5 Å². The highest BCUT2D eigenvalue weighted by Gasteiger charge is 2.33. The third-order valence-corrected chi connectivity index (χ3v) is 5.76. The number of aryl methyl sites for hydroxylation is 1. The van der Waals surface area contributed by atoms with E-state index in [4.69, 9.17) is 4.74 Å². The number of piperidine rings is 1. The quantitative estimate of drug-likeness (QED) is 0.800. The number of rotatable bonds is 6. The van der Waals surface area contributed by atoms with E-state index in [-0.39, 0.29) is 5.82 Å². The van der Waals surface area contributed by atoms with Gasteiger partial charge >= 0.3 is 0 Å². The Morgan fingerprint density at radius 1 is 1.22 bits per heavy atom. The summed E-state index contributed by atoms with van der Waals surface area (Å²) in [5.41, 5.74) is 2.18. The summed E-state index contributed by atoms with van der Waals surface area (Å²) < 4.78 is 20.3. The molecule has 3 heterocycles. The summed E-state index contributed by atoms with van der Waals surface area (Å²) in [5.74, 6) is 1.44. The number of fused-ring (bicyclic) bond motifs is 2. The van der Waals surface area contributed by atoms with Gasteiger partial charge in [0.15, 0.2) is 0 Å². The molecule has 27 heavy (non-hydrogen) atoms. The van der Waals surface area contributed by atoms with E-state index in [1.807, 2.05) is 19.9 Å². The van der Waals surface area contributed by atoms with Crippen LogP contribution < -0.4 is 15.4 Å². The monoisotopic (exact) mass is 370 g/mol. The second-order valence-electron chi connectivity index (χ2n) is 7.73. The normalized spacial score (nSPS) is 24.0.